The molecule has 0 bridgehead atoms. The average molecular weight is 499 g/mol. The van der Waals surface area contributed by atoms with Gasteiger partial charge in [-0.05, 0) is 75.4 Å². The molecule has 0 spiro atoms. The van der Waals surface area contributed by atoms with Crippen LogP contribution in [0.4, 0.5) is 9.18 Å². The smallest absolute Gasteiger partial charge is 0.326 e. The van der Waals surface area contributed by atoms with Gasteiger partial charge in [-0.3, -0.25) is 14.7 Å². The fourth-order valence-electron chi connectivity index (χ4n) is 6.57. The summed E-state index contributed by atoms with van der Waals surface area (Å²) in [6.07, 6.45) is 8.30. The molecular weight excluding hydrogens is 463 g/mol. The Morgan fingerprint density at radius 3 is 2.61 bits per heavy atom. The highest BCUT2D eigenvalue weighted by atomic mass is 35.5. The maximum absolute atomic E-state index is 14.6. The number of aliphatic imine (C=N–C) groups is 1. The predicted molar refractivity (Wildman–Crippen MR) is 131 cm³/mol. The molecule has 0 radical (unpaired) electrons. The lowest BCUT2D eigenvalue weighted by Crippen LogP contribution is -2.59. The van der Waals surface area contributed by atoms with E-state index in [1.807, 2.05) is 16.7 Å². The Morgan fingerprint density at radius 2 is 1.91 bits per heavy atom. The van der Waals surface area contributed by atoms with Gasteiger partial charge in [0.15, 0.2) is 0 Å². The number of hydrogen-bond acceptors (Lipinski definition) is 4. The van der Waals surface area contributed by atoms with Gasteiger partial charge in [0.1, 0.15) is 18.6 Å². The summed E-state index contributed by atoms with van der Waals surface area (Å²) in [6, 6.07) is -0.187. The Bertz CT molecular complexity index is 772. The predicted octanol–water partition coefficient (Wildman–Crippen LogP) is 4.21. The van der Waals surface area contributed by atoms with Crippen LogP contribution in [0.3, 0.4) is 0 Å². The number of nitrogens with zero attached hydrogens (tertiary/aromatic N) is 3. The van der Waals surface area contributed by atoms with Crippen LogP contribution in [0.5, 0.6) is 0 Å². The van der Waals surface area contributed by atoms with Crippen LogP contribution in [0, 0.1) is 11.8 Å². The van der Waals surface area contributed by atoms with Gasteiger partial charge in [0.2, 0.25) is 5.91 Å². The number of hydrogen-bond donors (Lipinski definition) is 1. The molecule has 0 aromatic heterocycles. The highest BCUT2D eigenvalue weighted by Gasteiger charge is 2.51. The van der Waals surface area contributed by atoms with E-state index in [9.17, 15) is 14.0 Å². The molecule has 2 saturated carbocycles. The minimum atomic E-state index is -0.800. The number of carbonyl (C=O) groups is 2. The Balaban J connectivity index is 1.48. The van der Waals surface area contributed by atoms with Gasteiger partial charge in [0.25, 0.3) is 0 Å². The van der Waals surface area contributed by atoms with Gasteiger partial charge >= 0.3 is 6.03 Å². The van der Waals surface area contributed by atoms with Crippen LogP contribution in [-0.4, -0.2) is 81.8 Å². The highest BCUT2D eigenvalue weighted by Crippen LogP contribution is 2.44. The second-order valence-electron chi connectivity index (χ2n) is 10.4. The van der Waals surface area contributed by atoms with Gasteiger partial charge in [-0.2, -0.15) is 11.8 Å². The number of piperazine rings is 1. The first-order chi connectivity index (χ1) is 16.0. The van der Waals surface area contributed by atoms with Crippen LogP contribution in [0.2, 0.25) is 0 Å². The molecule has 1 N–H and O–H groups in total. The molecule has 33 heavy (non-hydrogen) atoms. The van der Waals surface area contributed by atoms with Crippen molar-refractivity contribution >= 4 is 41.1 Å². The minimum absolute atomic E-state index is 0.0169. The van der Waals surface area contributed by atoms with Crippen LogP contribution in [0.25, 0.3) is 0 Å². The molecule has 9 heteroatoms. The Morgan fingerprint density at radius 1 is 1.09 bits per heavy atom. The molecule has 3 amide bonds. The van der Waals surface area contributed by atoms with Crippen molar-refractivity contribution in [2.45, 2.75) is 93.1 Å². The Kier molecular flexibility index (Phi) is 7.40. The molecule has 5 aliphatic rings. The zero-order chi connectivity index (χ0) is 22.9. The van der Waals surface area contributed by atoms with E-state index in [-0.39, 0.29) is 47.1 Å². The maximum Gasteiger partial charge on any atom is 0.326 e. The normalized spacial score (nSPS) is 40.0. The Hall–Kier alpha value is -1.02. The number of urea groups is 1. The molecule has 2 saturated heterocycles. The second-order valence-corrected chi connectivity index (χ2v) is 12.4. The van der Waals surface area contributed by atoms with E-state index < -0.39 is 6.17 Å². The molecule has 5 unspecified atom stereocenters. The van der Waals surface area contributed by atoms with Crippen LogP contribution in [0.15, 0.2) is 4.99 Å². The van der Waals surface area contributed by atoms with E-state index in [1.165, 1.54) is 0 Å². The number of amidine groups is 1. The molecule has 4 fully saturated rings. The molecule has 5 atom stereocenters. The lowest BCUT2D eigenvalue weighted by molar-refractivity contribution is -0.123. The zero-order valence-electron chi connectivity index (χ0n) is 19.3. The van der Waals surface area contributed by atoms with Crippen molar-refractivity contribution in [3.8, 4) is 0 Å². The van der Waals surface area contributed by atoms with Crippen LogP contribution < -0.4 is 5.32 Å². The van der Waals surface area contributed by atoms with Crippen molar-refractivity contribution in [3.05, 3.63) is 0 Å². The molecular formula is C24H36ClFN4O2S. The summed E-state index contributed by atoms with van der Waals surface area (Å²) >= 11 is 8.31. The molecule has 2 aliphatic carbocycles. The van der Waals surface area contributed by atoms with E-state index >= 15 is 0 Å². The Labute approximate surface area is 205 Å². The second kappa shape index (κ2) is 10.3. The number of halogens is 2. The summed E-state index contributed by atoms with van der Waals surface area (Å²) in [5.41, 5.74) is 0. The molecule has 0 aromatic rings. The number of amides is 3. The number of alkyl halides is 2. The molecule has 6 nitrogen and oxygen atoms in total. The van der Waals surface area contributed by atoms with Crippen molar-refractivity contribution in [2.24, 2.45) is 16.8 Å². The van der Waals surface area contributed by atoms with Gasteiger partial charge in [-0.15, -0.1) is 11.6 Å². The third-order valence-corrected chi connectivity index (χ3v) is 10.0. The third-order valence-electron chi connectivity index (χ3n) is 8.23. The summed E-state index contributed by atoms with van der Waals surface area (Å²) in [5, 5.41) is 3.26. The summed E-state index contributed by atoms with van der Waals surface area (Å²) in [7, 11) is 0. The fourth-order valence-corrected chi connectivity index (χ4v) is 8.09. The van der Waals surface area contributed by atoms with E-state index in [2.05, 4.69) is 5.32 Å². The van der Waals surface area contributed by atoms with Crippen LogP contribution in [-0.2, 0) is 4.79 Å². The van der Waals surface area contributed by atoms with Crippen LogP contribution in [0.1, 0.15) is 64.2 Å². The summed E-state index contributed by atoms with van der Waals surface area (Å²) in [4.78, 5) is 35.0. The first-order valence-electron chi connectivity index (χ1n) is 12.8. The van der Waals surface area contributed by atoms with Crippen molar-refractivity contribution in [2.75, 3.05) is 25.4 Å². The van der Waals surface area contributed by atoms with Gasteiger partial charge in [-0.25, -0.2) is 9.18 Å². The fraction of sp³-hybridized carbons (Fsp3) is 0.875. The standard InChI is InChI=1S/C24H36ClFN4O2S/c25-17-8-6-15(7-9-17)21-22(16-3-1-4-18(26)13-16)30(23(28-21)19-5-2-12-33-19)24(32)29-11-10-27-20(31)14-29/h15-19,21-22H,1-14H2,(H,27,31). The van der Waals surface area contributed by atoms with E-state index in [4.69, 9.17) is 16.6 Å². The van der Waals surface area contributed by atoms with Crippen molar-refractivity contribution in [3.63, 3.8) is 0 Å². The van der Waals surface area contributed by atoms with Crippen LogP contribution >= 0.6 is 23.4 Å². The topological polar surface area (TPSA) is 65.0 Å². The molecule has 184 valence electrons. The van der Waals surface area contributed by atoms with Gasteiger partial charge in [-0.1, -0.05) is 6.42 Å². The minimum Gasteiger partial charge on any atom is -0.353 e. The summed E-state index contributed by atoms with van der Waals surface area (Å²) < 4.78 is 14.6. The van der Waals surface area contributed by atoms with Crippen molar-refractivity contribution < 1.29 is 14.0 Å². The van der Waals surface area contributed by atoms with E-state index in [0.717, 1.165) is 63.0 Å². The van der Waals surface area contributed by atoms with E-state index in [0.29, 0.717) is 31.8 Å². The van der Waals surface area contributed by atoms with Gasteiger partial charge in [0.05, 0.1) is 17.3 Å². The highest BCUT2D eigenvalue weighted by molar-refractivity contribution is 8.00. The molecule has 5 rings (SSSR count). The molecule has 3 heterocycles. The SMILES string of the molecule is O=C1CN(C(=O)N2C(C3CCCS3)=NC(C3CCC(Cl)CC3)C2C2CCCC(F)C2)CCN1. The summed E-state index contributed by atoms with van der Waals surface area (Å²) in [6.45, 7) is 1.08. The number of carbonyl (C=O) groups excluding carboxylic acids is 2. The third kappa shape index (κ3) is 5.02. The van der Waals surface area contributed by atoms with Gasteiger partial charge in [0, 0.05) is 18.5 Å². The average Bonchev–Trinajstić information content (AvgIpc) is 3.47. The lowest BCUT2D eigenvalue weighted by Gasteiger charge is -2.42. The van der Waals surface area contributed by atoms with Gasteiger partial charge < -0.3 is 10.2 Å². The van der Waals surface area contributed by atoms with E-state index in [1.54, 1.807) is 4.90 Å². The van der Waals surface area contributed by atoms with Crippen molar-refractivity contribution in [1.82, 2.24) is 15.1 Å². The quantitative estimate of drug-likeness (QED) is 0.593. The van der Waals surface area contributed by atoms with Crippen molar-refractivity contribution in [1.29, 1.82) is 0 Å². The largest absolute Gasteiger partial charge is 0.353 e. The first-order valence-corrected chi connectivity index (χ1v) is 14.3. The molecule has 0 aromatic carbocycles. The number of rotatable bonds is 3. The lowest BCUT2D eigenvalue weighted by atomic mass is 9.74. The number of nitrogens with one attached hydrogen (secondary N) is 1. The number of thioether (sulfide) groups is 1. The monoisotopic (exact) mass is 498 g/mol. The summed E-state index contributed by atoms with van der Waals surface area (Å²) in [5.74, 6) is 2.37. The zero-order valence-corrected chi connectivity index (χ0v) is 20.8. The maximum atomic E-state index is 14.6. The first kappa shape index (κ1) is 23.7. The molecule has 3 aliphatic heterocycles.